The van der Waals surface area contributed by atoms with Gasteiger partial charge in [0.25, 0.3) is 0 Å². The second kappa shape index (κ2) is 5.14. The van der Waals surface area contributed by atoms with Gasteiger partial charge in [0, 0.05) is 17.3 Å². The Morgan fingerprint density at radius 3 is 2.72 bits per heavy atom. The predicted molar refractivity (Wildman–Crippen MR) is 70.3 cm³/mol. The van der Waals surface area contributed by atoms with Crippen LogP contribution in [0.2, 0.25) is 0 Å². The molecule has 2 unspecified atom stereocenters. The van der Waals surface area contributed by atoms with E-state index in [4.69, 9.17) is 5.73 Å². The molecule has 1 amide bonds. The summed E-state index contributed by atoms with van der Waals surface area (Å²) in [6.45, 7) is 1.50. The van der Waals surface area contributed by atoms with Crippen LogP contribution < -0.4 is 11.1 Å². The zero-order chi connectivity index (χ0) is 13.1. The van der Waals surface area contributed by atoms with Crippen LogP contribution in [0.1, 0.15) is 23.7 Å². The van der Waals surface area contributed by atoms with Crippen LogP contribution in [0.3, 0.4) is 0 Å². The minimum absolute atomic E-state index is 0.0196. The van der Waals surface area contributed by atoms with Gasteiger partial charge in [-0.1, -0.05) is 24.3 Å². The van der Waals surface area contributed by atoms with E-state index in [2.05, 4.69) is 5.32 Å². The van der Waals surface area contributed by atoms with Gasteiger partial charge in [0.1, 0.15) is 0 Å². The maximum atomic E-state index is 11.9. The molecule has 4 nitrogen and oxygen atoms in total. The summed E-state index contributed by atoms with van der Waals surface area (Å²) >= 11 is 0. The van der Waals surface area contributed by atoms with E-state index in [1.165, 1.54) is 6.92 Å². The molecular formula is C14H16N2O2. The molecule has 1 aliphatic carbocycles. The third kappa shape index (κ3) is 2.84. The van der Waals surface area contributed by atoms with Crippen LogP contribution in [0.25, 0.3) is 0 Å². The number of carbonyl (C=O) groups is 2. The fraction of sp³-hybridized carbons (Fsp3) is 0.286. The second-order valence-electron chi connectivity index (χ2n) is 4.52. The molecule has 94 valence electrons. The van der Waals surface area contributed by atoms with Crippen molar-refractivity contribution in [2.45, 2.75) is 19.4 Å². The lowest BCUT2D eigenvalue weighted by molar-refractivity contribution is -0.118. The zero-order valence-corrected chi connectivity index (χ0v) is 10.2. The Morgan fingerprint density at radius 2 is 2.11 bits per heavy atom. The van der Waals surface area contributed by atoms with E-state index in [1.807, 2.05) is 12.2 Å². The van der Waals surface area contributed by atoms with E-state index < -0.39 is 0 Å². The third-order valence-corrected chi connectivity index (χ3v) is 2.99. The van der Waals surface area contributed by atoms with Crippen molar-refractivity contribution in [3.8, 4) is 0 Å². The van der Waals surface area contributed by atoms with Crippen molar-refractivity contribution in [3.63, 3.8) is 0 Å². The second-order valence-corrected chi connectivity index (χ2v) is 4.52. The van der Waals surface area contributed by atoms with E-state index in [-0.39, 0.29) is 23.7 Å². The lowest BCUT2D eigenvalue weighted by atomic mass is 10.1. The van der Waals surface area contributed by atoms with Gasteiger partial charge in [0.2, 0.25) is 5.91 Å². The summed E-state index contributed by atoms with van der Waals surface area (Å²) < 4.78 is 0. The van der Waals surface area contributed by atoms with Crippen molar-refractivity contribution in [2.24, 2.45) is 11.7 Å². The number of hydrogen-bond acceptors (Lipinski definition) is 3. The summed E-state index contributed by atoms with van der Waals surface area (Å²) in [6, 6.07) is 6.89. The van der Waals surface area contributed by atoms with Gasteiger partial charge < -0.3 is 11.1 Å². The van der Waals surface area contributed by atoms with Gasteiger partial charge >= 0.3 is 0 Å². The van der Waals surface area contributed by atoms with Gasteiger partial charge in [-0.05, 0) is 25.5 Å². The van der Waals surface area contributed by atoms with Crippen molar-refractivity contribution in [1.29, 1.82) is 0 Å². The Bertz CT molecular complexity index is 508. The maximum Gasteiger partial charge on any atom is 0.231 e. The summed E-state index contributed by atoms with van der Waals surface area (Å²) in [5.74, 6) is -0.283. The fourth-order valence-corrected chi connectivity index (χ4v) is 1.97. The molecule has 18 heavy (non-hydrogen) atoms. The molecular weight excluding hydrogens is 228 g/mol. The maximum absolute atomic E-state index is 11.9. The largest absolute Gasteiger partial charge is 0.326 e. The molecule has 4 heteroatoms. The summed E-state index contributed by atoms with van der Waals surface area (Å²) in [4.78, 5) is 23.2. The van der Waals surface area contributed by atoms with Crippen molar-refractivity contribution < 1.29 is 9.59 Å². The zero-order valence-electron chi connectivity index (χ0n) is 10.2. The SMILES string of the molecule is CC(=O)c1cccc(NC(=O)C2C=CC(N)C2)c1. The Labute approximate surface area is 106 Å². The molecule has 2 atom stereocenters. The first-order valence-electron chi connectivity index (χ1n) is 5.92. The molecule has 0 aromatic heterocycles. The molecule has 3 N–H and O–H groups in total. The Kier molecular flexibility index (Phi) is 3.58. The number of benzene rings is 1. The molecule has 0 aliphatic heterocycles. The Morgan fingerprint density at radius 1 is 1.33 bits per heavy atom. The minimum atomic E-state index is -0.180. The smallest absolute Gasteiger partial charge is 0.231 e. The number of Topliss-reactive ketones (excluding diaryl/α,β-unsaturated/α-hetero) is 1. The fourth-order valence-electron chi connectivity index (χ4n) is 1.97. The van der Waals surface area contributed by atoms with Crippen molar-refractivity contribution in [1.82, 2.24) is 0 Å². The Hall–Kier alpha value is -1.94. The molecule has 1 aliphatic rings. The molecule has 0 fully saturated rings. The minimum Gasteiger partial charge on any atom is -0.326 e. The molecule has 0 saturated heterocycles. The number of anilines is 1. The van der Waals surface area contributed by atoms with E-state index >= 15 is 0 Å². The van der Waals surface area contributed by atoms with Crippen LogP contribution in [-0.4, -0.2) is 17.7 Å². The summed E-state index contributed by atoms with van der Waals surface area (Å²) in [6.07, 6.45) is 4.31. The highest BCUT2D eigenvalue weighted by molar-refractivity contribution is 5.98. The first-order valence-corrected chi connectivity index (χ1v) is 5.92. The van der Waals surface area contributed by atoms with Crippen molar-refractivity contribution in [3.05, 3.63) is 42.0 Å². The highest BCUT2D eigenvalue weighted by Gasteiger charge is 2.22. The van der Waals surface area contributed by atoms with Crippen LogP contribution in [-0.2, 0) is 4.79 Å². The first kappa shape index (κ1) is 12.5. The number of rotatable bonds is 3. The van der Waals surface area contributed by atoms with E-state index in [1.54, 1.807) is 24.3 Å². The van der Waals surface area contributed by atoms with Gasteiger partial charge in [0.05, 0.1) is 5.92 Å². The van der Waals surface area contributed by atoms with Crippen LogP contribution in [0.5, 0.6) is 0 Å². The molecule has 0 radical (unpaired) electrons. The number of carbonyl (C=O) groups excluding carboxylic acids is 2. The van der Waals surface area contributed by atoms with Crippen molar-refractivity contribution >= 4 is 17.4 Å². The monoisotopic (exact) mass is 244 g/mol. The topological polar surface area (TPSA) is 72.2 Å². The molecule has 0 saturated carbocycles. The van der Waals surface area contributed by atoms with Gasteiger partial charge in [-0.3, -0.25) is 9.59 Å². The average Bonchev–Trinajstić information content (AvgIpc) is 2.76. The van der Waals surface area contributed by atoms with Gasteiger partial charge in [-0.15, -0.1) is 0 Å². The highest BCUT2D eigenvalue weighted by Crippen LogP contribution is 2.19. The third-order valence-electron chi connectivity index (χ3n) is 2.99. The van der Waals surface area contributed by atoms with Gasteiger partial charge in [0.15, 0.2) is 5.78 Å². The van der Waals surface area contributed by atoms with E-state index in [0.29, 0.717) is 17.7 Å². The first-order chi connectivity index (χ1) is 8.56. The number of ketones is 1. The standard InChI is InChI=1S/C14H16N2O2/c1-9(17)10-3-2-4-13(8-10)16-14(18)11-5-6-12(15)7-11/h2-6,8,11-12H,7,15H2,1H3,(H,16,18). The Balaban J connectivity index is 2.05. The van der Waals surface area contributed by atoms with Crippen LogP contribution in [0.4, 0.5) is 5.69 Å². The lowest BCUT2D eigenvalue weighted by Gasteiger charge is -2.11. The van der Waals surface area contributed by atoms with Crippen LogP contribution in [0, 0.1) is 5.92 Å². The average molecular weight is 244 g/mol. The molecule has 0 bridgehead atoms. The molecule has 2 rings (SSSR count). The van der Waals surface area contributed by atoms with Gasteiger partial charge in [-0.25, -0.2) is 0 Å². The summed E-state index contributed by atoms with van der Waals surface area (Å²) in [5, 5.41) is 2.80. The normalized spacial score (nSPS) is 21.9. The van der Waals surface area contributed by atoms with Crippen LogP contribution >= 0.6 is 0 Å². The van der Waals surface area contributed by atoms with E-state index in [9.17, 15) is 9.59 Å². The summed E-state index contributed by atoms with van der Waals surface area (Å²) in [7, 11) is 0. The van der Waals surface area contributed by atoms with Gasteiger partial charge in [-0.2, -0.15) is 0 Å². The van der Waals surface area contributed by atoms with Crippen LogP contribution in [0.15, 0.2) is 36.4 Å². The summed E-state index contributed by atoms with van der Waals surface area (Å²) in [5.41, 5.74) is 6.94. The number of nitrogens with two attached hydrogens (primary N) is 1. The predicted octanol–water partition coefficient (Wildman–Crippen LogP) is 1.73. The molecule has 0 spiro atoms. The molecule has 1 aromatic carbocycles. The quantitative estimate of drug-likeness (QED) is 0.628. The molecule has 0 heterocycles. The number of amides is 1. The highest BCUT2D eigenvalue weighted by atomic mass is 16.2. The lowest BCUT2D eigenvalue weighted by Crippen LogP contribution is -2.24. The van der Waals surface area contributed by atoms with E-state index in [0.717, 1.165) is 0 Å². The van der Waals surface area contributed by atoms with Crippen molar-refractivity contribution in [2.75, 3.05) is 5.32 Å². The number of nitrogens with one attached hydrogen (secondary N) is 1. The molecule has 1 aromatic rings. The number of hydrogen-bond donors (Lipinski definition) is 2.